The first kappa shape index (κ1) is 31.0. The van der Waals surface area contributed by atoms with E-state index in [1.807, 2.05) is 14.0 Å². The summed E-state index contributed by atoms with van der Waals surface area (Å²) in [7, 11) is 2.05. The van der Waals surface area contributed by atoms with E-state index in [1.54, 1.807) is 18.3 Å². The molecule has 2 aromatic heterocycles. The van der Waals surface area contributed by atoms with Crippen molar-refractivity contribution >= 4 is 27.5 Å². The van der Waals surface area contributed by atoms with E-state index in [0.717, 1.165) is 52.1 Å². The van der Waals surface area contributed by atoms with Gasteiger partial charge in [-0.2, -0.15) is 9.97 Å². The van der Waals surface area contributed by atoms with Gasteiger partial charge in [-0.1, -0.05) is 13.0 Å². The molecule has 12 heteroatoms. The van der Waals surface area contributed by atoms with Gasteiger partial charge in [0, 0.05) is 63.8 Å². The molecule has 4 aliphatic heterocycles. The zero-order valence-electron chi connectivity index (χ0n) is 27.3. The lowest BCUT2D eigenvalue weighted by Crippen LogP contribution is -2.43. The predicted octanol–water partition coefficient (Wildman–Crippen LogP) is 5.85. The smallest absolute Gasteiger partial charge is 0.319 e. The van der Waals surface area contributed by atoms with Crippen molar-refractivity contribution < 1.29 is 23.0 Å². The zero-order chi connectivity index (χ0) is 33.2. The second kappa shape index (κ2) is 12.0. The number of ether oxygens (including phenoxy) is 1. The van der Waals surface area contributed by atoms with Gasteiger partial charge in [-0.05, 0) is 72.7 Å². The highest BCUT2D eigenvalue weighted by Gasteiger charge is 2.49. The maximum atomic E-state index is 16.9. The number of hydrogen-bond acceptors (Lipinski definition) is 9. The third-order valence-electron chi connectivity index (χ3n) is 10.7. The standard InChI is InChI=1S/C36H40F3N7O2/c1-3-26-29(38)6-5-23-13-25(47)14-27(30(23)26)32-31(39)33-28(16-40-32)34(45-10-7-22(18-45)17-44-12-11-43(2)21-44)42-35(41-33)48-20-36-8-4-9-46(36)19-24(37)15-36/h5-6,11-14,16,22,24,47H,3-4,7-10,15,17-21H2,1-2H3/t22?,24-,36+/m1/s1. The fraction of sp³-hybridized carbons (Fsp3) is 0.472. The van der Waals surface area contributed by atoms with Gasteiger partial charge in [-0.15, -0.1) is 0 Å². The number of anilines is 1. The Labute approximate surface area is 277 Å². The topological polar surface area (TPSA) is 81.1 Å². The second-order valence-electron chi connectivity index (χ2n) is 13.9. The molecule has 0 spiro atoms. The van der Waals surface area contributed by atoms with Gasteiger partial charge in [0.1, 0.15) is 41.4 Å². The van der Waals surface area contributed by atoms with Crippen molar-refractivity contribution in [2.45, 2.75) is 50.7 Å². The van der Waals surface area contributed by atoms with E-state index in [-0.39, 0.29) is 35.1 Å². The van der Waals surface area contributed by atoms with Crippen LogP contribution in [0.1, 0.15) is 38.2 Å². The molecule has 0 amide bonds. The van der Waals surface area contributed by atoms with Crippen LogP contribution in [-0.2, 0) is 6.42 Å². The Hall–Kier alpha value is -4.32. The summed E-state index contributed by atoms with van der Waals surface area (Å²) in [5.41, 5.74) is 0.278. The molecule has 252 valence electrons. The van der Waals surface area contributed by atoms with E-state index in [2.05, 4.69) is 42.0 Å². The average molecular weight is 660 g/mol. The summed E-state index contributed by atoms with van der Waals surface area (Å²) in [5.74, 6) is -0.266. The van der Waals surface area contributed by atoms with Crippen LogP contribution in [0.4, 0.5) is 19.0 Å². The van der Waals surface area contributed by atoms with Crippen LogP contribution in [0.15, 0.2) is 42.9 Å². The molecule has 3 fully saturated rings. The number of phenolic OH excluding ortho intramolecular Hbond substituents is 1. The number of hydrogen-bond donors (Lipinski definition) is 1. The molecule has 8 rings (SSSR count). The number of benzene rings is 2. The molecular weight excluding hydrogens is 619 g/mol. The lowest BCUT2D eigenvalue weighted by Gasteiger charge is -2.31. The Morgan fingerprint density at radius 2 is 1.98 bits per heavy atom. The van der Waals surface area contributed by atoms with Crippen LogP contribution in [0.2, 0.25) is 0 Å². The first-order valence-corrected chi connectivity index (χ1v) is 16.9. The molecule has 9 nitrogen and oxygen atoms in total. The third kappa shape index (κ3) is 5.34. The van der Waals surface area contributed by atoms with Crippen molar-refractivity contribution in [1.82, 2.24) is 29.7 Å². The third-order valence-corrected chi connectivity index (χ3v) is 10.7. The Balaban J connectivity index is 1.21. The van der Waals surface area contributed by atoms with Crippen molar-refractivity contribution in [1.29, 1.82) is 0 Å². The van der Waals surface area contributed by atoms with Crippen molar-refractivity contribution in [3.05, 3.63) is 60.1 Å². The summed E-state index contributed by atoms with van der Waals surface area (Å²) in [4.78, 5) is 22.8. The zero-order valence-corrected chi connectivity index (χ0v) is 27.3. The van der Waals surface area contributed by atoms with Gasteiger partial charge in [0.05, 0.1) is 17.6 Å². The number of aromatic hydroxyl groups is 1. The quantitative estimate of drug-likeness (QED) is 0.251. The summed E-state index contributed by atoms with van der Waals surface area (Å²) >= 11 is 0. The van der Waals surface area contributed by atoms with Crippen LogP contribution in [-0.4, -0.2) is 99.5 Å². The van der Waals surface area contributed by atoms with Gasteiger partial charge >= 0.3 is 6.01 Å². The summed E-state index contributed by atoms with van der Waals surface area (Å²) in [6, 6.07) is 5.94. The van der Waals surface area contributed by atoms with E-state index in [1.165, 1.54) is 12.1 Å². The highest BCUT2D eigenvalue weighted by atomic mass is 19.1. The lowest BCUT2D eigenvalue weighted by molar-refractivity contribution is 0.107. The molecule has 1 unspecified atom stereocenters. The molecule has 3 saturated heterocycles. The highest BCUT2D eigenvalue weighted by molar-refractivity contribution is 6.01. The molecule has 0 bridgehead atoms. The number of aryl methyl sites for hydroxylation is 1. The molecular formula is C36H40F3N7O2. The number of fused-ring (bicyclic) bond motifs is 3. The van der Waals surface area contributed by atoms with Gasteiger partial charge < -0.3 is 24.5 Å². The summed E-state index contributed by atoms with van der Waals surface area (Å²) < 4.78 is 52.7. The first-order valence-electron chi connectivity index (χ1n) is 16.9. The fourth-order valence-corrected chi connectivity index (χ4v) is 8.41. The molecule has 0 radical (unpaired) electrons. The number of phenols is 1. The highest BCUT2D eigenvalue weighted by Crippen LogP contribution is 2.42. The van der Waals surface area contributed by atoms with Gasteiger partial charge in [0.25, 0.3) is 0 Å². The van der Waals surface area contributed by atoms with Crippen LogP contribution in [0.5, 0.6) is 11.8 Å². The molecule has 48 heavy (non-hydrogen) atoms. The van der Waals surface area contributed by atoms with Crippen molar-refractivity contribution in [3.8, 4) is 23.0 Å². The van der Waals surface area contributed by atoms with Gasteiger partial charge in [-0.3, -0.25) is 9.88 Å². The monoisotopic (exact) mass is 659 g/mol. The number of aromatic nitrogens is 3. The molecule has 3 atom stereocenters. The van der Waals surface area contributed by atoms with Crippen LogP contribution in [0, 0.1) is 17.6 Å². The fourth-order valence-electron chi connectivity index (χ4n) is 8.41. The van der Waals surface area contributed by atoms with E-state index < -0.39 is 23.3 Å². The normalized spacial score (nSPS) is 24.1. The molecule has 1 N–H and O–H groups in total. The SMILES string of the molecule is CCc1c(F)ccc2cc(O)cc(-c3ncc4c(N5CCC(CN6C=CN(C)C6)C5)nc(OC[C@@]56CCCN5C[C@H](F)C6)nc4c3F)c12. The Morgan fingerprint density at radius 3 is 2.79 bits per heavy atom. The summed E-state index contributed by atoms with van der Waals surface area (Å²) in [6.45, 7) is 6.46. The Morgan fingerprint density at radius 1 is 1.10 bits per heavy atom. The van der Waals surface area contributed by atoms with E-state index >= 15 is 8.78 Å². The summed E-state index contributed by atoms with van der Waals surface area (Å²) in [5, 5.41) is 12.1. The van der Waals surface area contributed by atoms with Gasteiger partial charge in [0.2, 0.25) is 0 Å². The van der Waals surface area contributed by atoms with Crippen LogP contribution in [0.3, 0.4) is 0 Å². The number of alkyl halides is 1. The molecule has 0 saturated carbocycles. The average Bonchev–Trinajstić information content (AvgIpc) is 3.85. The number of pyridine rings is 1. The minimum atomic E-state index is -0.908. The van der Waals surface area contributed by atoms with Crippen molar-refractivity contribution in [2.24, 2.45) is 5.92 Å². The molecule has 6 heterocycles. The van der Waals surface area contributed by atoms with Crippen LogP contribution < -0.4 is 9.64 Å². The predicted molar refractivity (Wildman–Crippen MR) is 179 cm³/mol. The molecule has 4 aromatic rings. The number of halogens is 3. The Kier molecular flexibility index (Phi) is 7.73. The Bertz CT molecular complexity index is 1920. The molecule has 2 aromatic carbocycles. The molecule has 4 aliphatic rings. The van der Waals surface area contributed by atoms with E-state index in [0.29, 0.717) is 52.8 Å². The number of nitrogens with zero attached hydrogens (tertiary/aromatic N) is 7. The largest absolute Gasteiger partial charge is 0.508 e. The van der Waals surface area contributed by atoms with E-state index in [9.17, 15) is 9.50 Å². The first-order chi connectivity index (χ1) is 23.2. The maximum absolute atomic E-state index is 16.9. The van der Waals surface area contributed by atoms with Gasteiger partial charge in [-0.25, -0.2) is 13.2 Å². The molecule has 0 aliphatic carbocycles. The minimum absolute atomic E-state index is 0.0330. The van der Waals surface area contributed by atoms with Crippen LogP contribution >= 0.6 is 0 Å². The van der Waals surface area contributed by atoms with Crippen molar-refractivity contribution in [3.63, 3.8) is 0 Å². The van der Waals surface area contributed by atoms with E-state index in [4.69, 9.17) is 9.72 Å². The second-order valence-corrected chi connectivity index (χ2v) is 13.9. The maximum Gasteiger partial charge on any atom is 0.319 e. The minimum Gasteiger partial charge on any atom is -0.508 e. The summed E-state index contributed by atoms with van der Waals surface area (Å²) in [6.07, 6.45) is 8.34. The number of rotatable bonds is 8. The lowest BCUT2D eigenvalue weighted by atomic mass is 9.94. The van der Waals surface area contributed by atoms with Crippen molar-refractivity contribution in [2.75, 3.05) is 57.9 Å². The van der Waals surface area contributed by atoms with Gasteiger partial charge in [0.15, 0.2) is 5.82 Å². The van der Waals surface area contributed by atoms with Crippen LogP contribution in [0.25, 0.3) is 32.9 Å².